The van der Waals surface area contributed by atoms with E-state index in [4.69, 9.17) is 0 Å². The molecule has 1 aromatic carbocycles. The van der Waals surface area contributed by atoms with Crippen molar-refractivity contribution in [1.82, 2.24) is 5.32 Å². The first-order chi connectivity index (χ1) is 8.88. The zero-order valence-electron chi connectivity index (χ0n) is 11.5. The van der Waals surface area contributed by atoms with Crippen LogP contribution in [0.4, 0.5) is 13.2 Å². The number of hydrogen-bond acceptors (Lipinski definition) is 2. The standard InChI is InChI=1S/C14H20F3NS/c1-4-10(2)9-19-13-6-5-11(8-18-3)7-12(13)14(15,16)17/h5-7,10,18H,4,8-9H2,1-3H3. The van der Waals surface area contributed by atoms with Crippen molar-refractivity contribution in [2.75, 3.05) is 12.8 Å². The molecule has 0 aliphatic rings. The van der Waals surface area contributed by atoms with E-state index in [1.807, 2.05) is 6.92 Å². The van der Waals surface area contributed by atoms with Crippen LogP contribution >= 0.6 is 11.8 Å². The molecule has 5 heteroatoms. The van der Waals surface area contributed by atoms with Crippen LogP contribution in [0.2, 0.25) is 0 Å². The molecule has 108 valence electrons. The number of halogens is 3. The van der Waals surface area contributed by atoms with E-state index in [9.17, 15) is 13.2 Å². The first-order valence-electron chi connectivity index (χ1n) is 6.36. The monoisotopic (exact) mass is 291 g/mol. The Hall–Kier alpha value is -0.680. The van der Waals surface area contributed by atoms with Crippen molar-refractivity contribution in [3.05, 3.63) is 29.3 Å². The summed E-state index contributed by atoms with van der Waals surface area (Å²) >= 11 is 1.29. The molecule has 1 nitrogen and oxygen atoms in total. The topological polar surface area (TPSA) is 12.0 Å². The van der Waals surface area contributed by atoms with Gasteiger partial charge in [-0.25, -0.2) is 0 Å². The number of nitrogens with one attached hydrogen (secondary N) is 1. The number of benzene rings is 1. The van der Waals surface area contributed by atoms with Gasteiger partial charge in [0.25, 0.3) is 0 Å². The predicted octanol–water partition coefficient (Wildman–Crippen LogP) is 4.56. The van der Waals surface area contributed by atoms with Crippen molar-refractivity contribution < 1.29 is 13.2 Å². The van der Waals surface area contributed by atoms with Crippen molar-refractivity contribution in [1.29, 1.82) is 0 Å². The second-order valence-corrected chi connectivity index (χ2v) is 5.74. The molecular weight excluding hydrogens is 271 g/mol. The molecule has 1 atom stereocenters. The van der Waals surface area contributed by atoms with Crippen LogP contribution in [-0.2, 0) is 12.7 Å². The largest absolute Gasteiger partial charge is 0.417 e. The summed E-state index contributed by atoms with van der Waals surface area (Å²) in [7, 11) is 1.72. The van der Waals surface area contributed by atoms with Gasteiger partial charge in [0, 0.05) is 17.2 Å². The summed E-state index contributed by atoms with van der Waals surface area (Å²) < 4.78 is 39.1. The molecule has 0 saturated heterocycles. The highest BCUT2D eigenvalue weighted by Crippen LogP contribution is 2.38. The van der Waals surface area contributed by atoms with Crippen LogP contribution in [0.3, 0.4) is 0 Å². The molecule has 1 rings (SSSR count). The van der Waals surface area contributed by atoms with Gasteiger partial charge in [0.1, 0.15) is 0 Å². The fourth-order valence-corrected chi connectivity index (χ4v) is 2.78. The average molecular weight is 291 g/mol. The molecule has 0 amide bonds. The number of rotatable bonds is 6. The number of hydrogen-bond donors (Lipinski definition) is 1. The highest BCUT2D eigenvalue weighted by molar-refractivity contribution is 7.99. The molecule has 1 aromatic rings. The minimum absolute atomic E-state index is 0.327. The van der Waals surface area contributed by atoms with E-state index in [0.717, 1.165) is 6.42 Å². The van der Waals surface area contributed by atoms with Gasteiger partial charge in [0.15, 0.2) is 0 Å². The molecule has 0 radical (unpaired) electrons. The molecular formula is C14H20F3NS. The first kappa shape index (κ1) is 16.4. The Labute approximate surface area is 117 Å². The van der Waals surface area contributed by atoms with E-state index >= 15 is 0 Å². The van der Waals surface area contributed by atoms with E-state index in [-0.39, 0.29) is 0 Å². The van der Waals surface area contributed by atoms with Crippen LogP contribution in [0, 0.1) is 5.92 Å². The predicted molar refractivity (Wildman–Crippen MR) is 74.4 cm³/mol. The molecule has 0 aliphatic carbocycles. The molecule has 1 N–H and O–H groups in total. The van der Waals surface area contributed by atoms with E-state index in [2.05, 4.69) is 12.2 Å². The summed E-state index contributed by atoms with van der Waals surface area (Å²) in [5.74, 6) is 1.13. The van der Waals surface area contributed by atoms with E-state index in [1.165, 1.54) is 17.8 Å². The SMILES string of the molecule is CCC(C)CSc1ccc(CNC)cc1C(F)(F)F. The Balaban J connectivity index is 2.96. The molecule has 0 bridgehead atoms. The molecule has 0 heterocycles. The van der Waals surface area contributed by atoms with Crippen LogP contribution in [0.25, 0.3) is 0 Å². The van der Waals surface area contributed by atoms with Crippen LogP contribution in [0.5, 0.6) is 0 Å². The molecule has 0 fully saturated rings. The normalized spacial score (nSPS) is 13.6. The van der Waals surface area contributed by atoms with Crippen molar-refractivity contribution in [2.24, 2.45) is 5.92 Å². The third-order valence-corrected chi connectivity index (χ3v) is 4.35. The smallest absolute Gasteiger partial charge is 0.316 e. The zero-order valence-corrected chi connectivity index (χ0v) is 12.3. The van der Waals surface area contributed by atoms with E-state index in [1.54, 1.807) is 19.2 Å². The first-order valence-corrected chi connectivity index (χ1v) is 7.34. The average Bonchev–Trinajstić information content (AvgIpc) is 2.36. The number of thioether (sulfide) groups is 1. The zero-order chi connectivity index (χ0) is 14.5. The third kappa shape index (κ3) is 5.07. The van der Waals surface area contributed by atoms with Gasteiger partial charge in [-0.1, -0.05) is 26.3 Å². The van der Waals surface area contributed by atoms with Crippen molar-refractivity contribution >= 4 is 11.8 Å². The Kier molecular flexibility index (Phi) is 6.20. The van der Waals surface area contributed by atoms with Gasteiger partial charge in [0.2, 0.25) is 0 Å². The minimum Gasteiger partial charge on any atom is -0.316 e. The van der Waals surface area contributed by atoms with Gasteiger partial charge in [-0.3, -0.25) is 0 Å². The highest BCUT2D eigenvalue weighted by atomic mass is 32.2. The lowest BCUT2D eigenvalue weighted by Crippen LogP contribution is -2.11. The summed E-state index contributed by atoms with van der Waals surface area (Å²) in [5.41, 5.74) is 0.135. The molecule has 0 spiro atoms. The molecule has 1 unspecified atom stereocenters. The summed E-state index contributed by atoms with van der Waals surface area (Å²) in [6.07, 6.45) is -3.31. The van der Waals surface area contributed by atoms with Gasteiger partial charge >= 0.3 is 6.18 Å². The van der Waals surface area contributed by atoms with Crippen LogP contribution in [0.1, 0.15) is 31.4 Å². The maximum absolute atomic E-state index is 13.0. The summed E-state index contributed by atoms with van der Waals surface area (Å²) in [6.45, 7) is 4.54. The summed E-state index contributed by atoms with van der Waals surface area (Å²) in [4.78, 5) is 0.327. The third-order valence-electron chi connectivity index (χ3n) is 2.95. The quantitative estimate of drug-likeness (QED) is 0.771. The molecule has 19 heavy (non-hydrogen) atoms. The van der Waals surface area contributed by atoms with Gasteiger partial charge in [0.05, 0.1) is 5.56 Å². The van der Waals surface area contributed by atoms with E-state index < -0.39 is 11.7 Å². The Morgan fingerprint density at radius 3 is 2.53 bits per heavy atom. The van der Waals surface area contributed by atoms with Gasteiger partial charge in [-0.15, -0.1) is 11.8 Å². The maximum Gasteiger partial charge on any atom is 0.417 e. The second-order valence-electron chi connectivity index (χ2n) is 4.68. The summed E-state index contributed by atoms with van der Waals surface area (Å²) in [5, 5.41) is 2.87. The fraction of sp³-hybridized carbons (Fsp3) is 0.571. The Bertz CT molecular complexity index is 404. The minimum atomic E-state index is -4.29. The van der Waals surface area contributed by atoms with Gasteiger partial charge in [-0.05, 0) is 30.7 Å². The second kappa shape index (κ2) is 7.20. The van der Waals surface area contributed by atoms with Crippen LogP contribution in [0.15, 0.2) is 23.1 Å². The Morgan fingerprint density at radius 1 is 1.32 bits per heavy atom. The highest BCUT2D eigenvalue weighted by Gasteiger charge is 2.33. The van der Waals surface area contributed by atoms with Crippen LogP contribution in [-0.4, -0.2) is 12.8 Å². The lowest BCUT2D eigenvalue weighted by molar-refractivity contribution is -0.139. The molecule has 0 saturated carbocycles. The van der Waals surface area contributed by atoms with Gasteiger partial charge in [-0.2, -0.15) is 13.2 Å². The Morgan fingerprint density at radius 2 is 2.00 bits per heavy atom. The molecule has 0 aromatic heterocycles. The van der Waals surface area contributed by atoms with Crippen molar-refractivity contribution in [2.45, 2.75) is 37.9 Å². The van der Waals surface area contributed by atoms with E-state index in [0.29, 0.717) is 28.7 Å². The van der Waals surface area contributed by atoms with Gasteiger partial charge < -0.3 is 5.32 Å². The lowest BCUT2D eigenvalue weighted by Gasteiger charge is -2.15. The lowest BCUT2D eigenvalue weighted by atomic mass is 10.1. The number of alkyl halides is 3. The van der Waals surface area contributed by atoms with Crippen molar-refractivity contribution in [3.8, 4) is 0 Å². The molecule has 0 aliphatic heterocycles. The fourth-order valence-electron chi connectivity index (χ4n) is 1.59. The van der Waals surface area contributed by atoms with Crippen LogP contribution < -0.4 is 5.32 Å². The summed E-state index contributed by atoms with van der Waals surface area (Å²) in [6, 6.07) is 4.59. The maximum atomic E-state index is 13.0. The van der Waals surface area contributed by atoms with Crippen molar-refractivity contribution in [3.63, 3.8) is 0 Å².